The highest BCUT2D eigenvalue weighted by atomic mass is 16.6. The van der Waals surface area contributed by atoms with Crippen molar-refractivity contribution in [3.63, 3.8) is 0 Å². The summed E-state index contributed by atoms with van der Waals surface area (Å²) in [5, 5.41) is 2.44. The van der Waals surface area contributed by atoms with E-state index < -0.39 is 17.6 Å². The van der Waals surface area contributed by atoms with Gasteiger partial charge >= 0.3 is 6.09 Å². The number of hydrogen-bond donors (Lipinski definition) is 2. The molecule has 0 aliphatic carbocycles. The first kappa shape index (κ1) is 14.0. The Morgan fingerprint density at radius 3 is 2.50 bits per heavy atom. The van der Waals surface area contributed by atoms with Crippen molar-refractivity contribution in [3.05, 3.63) is 23.4 Å². The van der Waals surface area contributed by atoms with Gasteiger partial charge in [-0.1, -0.05) is 0 Å². The van der Waals surface area contributed by atoms with E-state index in [2.05, 4.69) is 10.3 Å². The first-order chi connectivity index (χ1) is 8.19. The molecule has 0 saturated heterocycles. The predicted molar refractivity (Wildman–Crippen MR) is 67.3 cm³/mol. The van der Waals surface area contributed by atoms with Crippen molar-refractivity contribution in [2.75, 3.05) is 5.32 Å². The molecule has 0 spiro atoms. The second-order valence-electron chi connectivity index (χ2n) is 4.88. The molecule has 6 nitrogen and oxygen atoms in total. The van der Waals surface area contributed by atoms with Crippen molar-refractivity contribution in [2.45, 2.75) is 33.3 Å². The Bertz CT molecular complexity index is 478. The van der Waals surface area contributed by atoms with Crippen LogP contribution in [0.2, 0.25) is 0 Å². The number of aryl methyl sites for hydroxylation is 1. The lowest BCUT2D eigenvalue weighted by molar-refractivity contribution is 0.0635. The van der Waals surface area contributed by atoms with E-state index in [0.29, 0.717) is 11.1 Å². The van der Waals surface area contributed by atoms with E-state index >= 15 is 0 Å². The number of aromatic nitrogens is 1. The van der Waals surface area contributed by atoms with Gasteiger partial charge in [-0.15, -0.1) is 0 Å². The molecule has 98 valence electrons. The molecule has 1 rings (SSSR count). The molecule has 0 radical (unpaired) electrons. The Labute approximate surface area is 106 Å². The van der Waals surface area contributed by atoms with Crippen molar-refractivity contribution >= 4 is 17.8 Å². The van der Waals surface area contributed by atoms with Crippen LogP contribution in [0.1, 0.15) is 36.7 Å². The van der Waals surface area contributed by atoms with Gasteiger partial charge in [0.05, 0.1) is 0 Å². The van der Waals surface area contributed by atoms with Crippen LogP contribution in [0.3, 0.4) is 0 Å². The van der Waals surface area contributed by atoms with Gasteiger partial charge in [-0.05, 0) is 39.3 Å². The van der Waals surface area contributed by atoms with E-state index in [-0.39, 0.29) is 5.82 Å². The minimum absolute atomic E-state index is 0.226. The van der Waals surface area contributed by atoms with E-state index in [1.807, 2.05) is 0 Å². The molecule has 1 aromatic rings. The highest BCUT2D eigenvalue weighted by Gasteiger charge is 2.17. The molecule has 0 unspecified atom stereocenters. The quantitative estimate of drug-likeness (QED) is 0.838. The van der Waals surface area contributed by atoms with Crippen LogP contribution in [-0.2, 0) is 4.74 Å². The standard InChI is InChI=1S/C12H17N3O3/c1-7-6-14-9(5-8(7)10(13)16)15-11(17)18-12(2,3)4/h5-6H,1-4H3,(H2,13,16)(H,14,15,17). The van der Waals surface area contributed by atoms with Crippen molar-refractivity contribution in [3.8, 4) is 0 Å². The molecule has 6 heteroatoms. The molecular formula is C12H17N3O3. The third-order valence-electron chi connectivity index (χ3n) is 2.00. The van der Waals surface area contributed by atoms with Crippen LogP contribution >= 0.6 is 0 Å². The summed E-state index contributed by atoms with van der Waals surface area (Å²) < 4.78 is 5.07. The molecule has 2 amide bonds. The summed E-state index contributed by atoms with van der Waals surface area (Å²) in [5.41, 5.74) is 5.58. The molecule has 0 saturated carbocycles. The van der Waals surface area contributed by atoms with Crippen molar-refractivity contribution in [2.24, 2.45) is 5.73 Å². The van der Waals surface area contributed by atoms with Crippen molar-refractivity contribution in [1.82, 2.24) is 4.98 Å². The van der Waals surface area contributed by atoms with Gasteiger partial charge in [0.25, 0.3) is 0 Å². The van der Waals surface area contributed by atoms with Crippen molar-refractivity contribution < 1.29 is 14.3 Å². The Kier molecular flexibility index (Phi) is 3.90. The molecule has 0 bridgehead atoms. The minimum atomic E-state index is -0.630. The fourth-order valence-electron chi connectivity index (χ4n) is 1.27. The monoisotopic (exact) mass is 251 g/mol. The van der Waals surface area contributed by atoms with Gasteiger partial charge in [-0.2, -0.15) is 0 Å². The van der Waals surface area contributed by atoms with E-state index in [0.717, 1.165) is 0 Å². The van der Waals surface area contributed by atoms with Crippen LogP contribution in [0.15, 0.2) is 12.3 Å². The zero-order valence-corrected chi connectivity index (χ0v) is 10.9. The fraction of sp³-hybridized carbons (Fsp3) is 0.417. The lowest BCUT2D eigenvalue weighted by atomic mass is 10.1. The fourth-order valence-corrected chi connectivity index (χ4v) is 1.27. The van der Waals surface area contributed by atoms with E-state index in [1.165, 1.54) is 12.3 Å². The molecule has 0 fully saturated rings. The predicted octanol–water partition coefficient (Wildman–Crippen LogP) is 1.84. The summed E-state index contributed by atoms with van der Waals surface area (Å²) in [4.78, 5) is 26.6. The van der Waals surface area contributed by atoms with Crippen molar-refractivity contribution in [1.29, 1.82) is 0 Å². The molecule has 1 aromatic heterocycles. The molecule has 0 aromatic carbocycles. The van der Waals surface area contributed by atoms with Gasteiger partial charge in [0.2, 0.25) is 5.91 Å². The number of carbonyl (C=O) groups excluding carboxylic acids is 2. The zero-order valence-electron chi connectivity index (χ0n) is 10.9. The van der Waals surface area contributed by atoms with Crippen LogP contribution in [0.5, 0.6) is 0 Å². The smallest absolute Gasteiger partial charge is 0.413 e. The normalized spacial score (nSPS) is 10.9. The average molecular weight is 251 g/mol. The summed E-state index contributed by atoms with van der Waals surface area (Å²) in [5.74, 6) is -0.342. The summed E-state index contributed by atoms with van der Waals surface area (Å²) in [6.45, 7) is 6.97. The summed E-state index contributed by atoms with van der Waals surface area (Å²) in [6.07, 6.45) is 0.835. The lowest BCUT2D eigenvalue weighted by Crippen LogP contribution is -2.27. The number of nitrogens with one attached hydrogen (secondary N) is 1. The number of ether oxygens (including phenoxy) is 1. The second-order valence-corrected chi connectivity index (χ2v) is 4.88. The van der Waals surface area contributed by atoms with Gasteiger partial charge in [0.15, 0.2) is 0 Å². The number of primary amides is 1. The molecule has 1 heterocycles. The maximum Gasteiger partial charge on any atom is 0.413 e. The topological polar surface area (TPSA) is 94.3 Å². The number of amides is 2. The summed E-state index contributed by atoms with van der Waals surface area (Å²) >= 11 is 0. The van der Waals surface area contributed by atoms with Crippen LogP contribution in [0.4, 0.5) is 10.6 Å². The minimum Gasteiger partial charge on any atom is -0.444 e. The van der Waals surface area contributed by atoms with Crippen LogP contribution < -0.4 is 11.1 Å². The first-order valence-electron chi connectivity index (χ1n) is 5.45. The first-order valence-corrected chi connectivity index (χ1v) is 5.45. The maximum absolute atomic E-state index is 11.5. The summed E-state index contributed by atoms with van der Waals surface area (Å²) in [6, 6.07) is 1.42. The summed E-state index contributed by atoms with van der Waals surface area (Å²) in [7, 11) is 0. The Morgan fingerprint density at radius 1 is 1.39 bits per heavy atom. The highest BCUT2D eigenvalue weighted by Crippen LogP contribution is 2.13. The van der Waals surface area contributed by atoms with Crippen LogP contribution in [-0.4, -0.2) is 22.6 Å². The third-order valence-corrected chi connectivity index (χ3v) is 2.00. The molecular weight excluding hydrogens is 234 g/mol. The number of nitrogens with zero attached hydrogens (tertiary/aromatic N) is 1. The SMILES string of the molecule is Cc1cnc(NC(=O)OC(C)(C)C)cc1C(N)=O. The second kappa shape index (κ2) is 5.03. The number of rotatable bonds is 2. The Balaban J connectivity index is 2.83. The van der Waals surface area contributed by atoms with Crippen LogP contribution in [0.25, 0.3) is 0 Å². The molecule has 18 heavy (non-hydrogen) atoms. The van der Waals surface area contributed by atoms with E-state index in [9.17, 15) is 9.59 Å². The zero-order chi connectivity index (χ0) is 13.9. The molecule has 0 aliphatic rings. The number of carbonyl (C=O) groups is 2. The largest absolute Gasteiger partial charge is 0.444 e. The third kappa shape index (κ3) is 4.04. The maximum atomic E-state index is 11.5. The van der Waals surface area contributed by atoms with E-state index in [1.54, 1.807) is 27.7 Å². The van der Waals surface area contributed by atoms with Gasteiger partial charge < -0.3 is 10.5 Å². The highest BCUT2D eigenvalue weighted by molar-refractivity contribution is 5.95. The number of anilines is 1. The number of hydrogen-bond acceptors (Lipinski definition) is 4. The Morgan fingerprint density at radius 2 is 2.00 bits per heavy atom. The lowest BCUT2D eigenvalue weighted by Gasteiger charge is -2.19. The van der Waals surface area contributed by atoms with Gasteiger partial charge in [-0.3, -0.25) is 10.1 Å². The average Bonchev–Trinajstić information content (AvgIpc) is 2.17. The Hall–Kier alpha value is -2.11. The number of pyridine rings is 1. The van der Waals surface area contributed by atoms with E-state index in [4.69, 9.17) is 10.5 Å². The van der Waals surface area contributed by atoms with Crippen LogP contribution in [0, 0.1) is 6.92 Å². The molecule has 0 aliphatic heterocycles. The number of nitrogens with two attached hydrogens (primary N) is 1. The van der Waals surface area contributed by atoms with Gasteiger partial charge in [-0.25, -0.2) is 9.78 Å². The molecule has 3 N–H and O–H groups in total. The van der Waals surface area contributed by atoms with Gasteiger partial charge in [0.1, 0.15) is 11.4 Å². The molecule has 0 atom stereocenters. The van der Waals surface area contributed by atoms with Gasteiger partial charge in [0, 0.05) is 11.8 Å².